The molecule has 0 heterocycles. The van der Waals surface area contributed by atoms with Gasteiger partial charge in [0.1, 0.15) is 0 Å². The van der Waals surface area contributed by atoms with Crippen LogP contribution in [0, 0.1) is 0 Å². The van der Waals surface area contributed by atoms with Gasteiger partial charge in [-0.3, -0.25) is 4.57 Å². The Balaban J connectivity index is 3.05. The molecule has 0 fully saturated rings. The molecule has 17 heavy (non-hydrogen) atoms. The summed E-state index contributed by atoms with van der Waals surface area (Å²) in [5, 5.41) is 0.536. The van der Waals surface area contributed by atoms with Crippen molar-refractivity contribution in [1.82, 2.24) is 0 Å². The molecule has 0 spiro atoms. The second-order valence-corrected chi connectivity index (χ2v) is 6.33. The van der Waals surface area contributed by atoms with Gasteiger partial charge < -0.3 is 14.8 Å². The molecule has 96 valence electrons. The molecule has 1 aromatic carbocycles. The highest BCUT2D eigenvalue weighted by molar-refractivity contribution is 7.62. The molecule has 2 N–H and O–H groups in total. The zero-order valence-electron chi connectivity index (χ0n) is 10.7. The Labute approximate surface area is 103 Å². The highest BCUT2D eigenvalue weighted by atomic mass is 31.2. The van der Waals surface area contributed by atoms with Gasteiger partial charge in [0.15, 0.2) is 0 Å². The zero-order valence-corrected chi connectivity index (χ0v) is 11.6. The molecule has 0 aliphatic heterocycles. The molecule has 0 aromatic heterocycles. The molecular formula is C12H20NO3P. The minimum absolute atomic E-state index is 0.169. The van der Waals surface area contributed by atoms with Crippen LogP contribution in [0.3, 0.4) is 0 Å². The number of nitrogen functional groups attached to an aromatic ring is 1. The van der Waals surface area contributed by atoms with Gasteiger partial charge in [0.05, 0.1) is 17.5 Å². The Morgan fingerprint density at radius 3 is 1.76 bits per heavy atom. The minimum atomic E-state index is -3.26. The van der Waals surface area contributed by atoms with Gasteiger partial charge in [0.25, 0.3) is 0 Å². The maximum Gasteiger partial charge on any atom is 0.361 e. The highest BCUT2D eigenvalue weighted by Gasteiger charge is 2.30. The Bertz CT molecular complexity index is 387. The van der Waals surface area contributed by atoms with Crippen LogP contribution in [0.2, 0.25) is 0 Å². The second-order valence-electron chi connectivity index (χ2n) is 4.40. The fourth-order valence-corrected chi connectivity index (χ4v) is 3.28. The Morgan fingerprint density at radius 2 is 1.41 bits per heavy atom. The Hall–Kier alpha value is -0.830. The quantitative estimate of drug-likeness (QED) is 0.650. The van der Waals surface area contributed by atoms with Gasteiger partial charge in [-0.2, -0.15) is 0 Å². The summed E-state index contributed by atoms with van der Waals surface area (Å²) in [7, 11) is -3.26. The second kappa shape index (κ2) is 5.67. The molecule has 0 radical (unpaired) electrons. The van der Waals surface area contributed by atoms with E-state index in [0.717, 1.165) is 0 Å². The van der Waals surface area contributed by atoms with Gasteiger partial charge in [0, 0.05) is 5.69 Å². The van der Waals surface area contributed by atoms with Gasteiger partial charge in [-0.15, -0.1) is 0 Å². The van der Waals surface area contributed by atoms with E-state index in [4.69, 9.17) is 14.8 Å². The van der Waals surface area contributed by atoms with E-state index < -0.39 is 7.60 Å². The highest BCUT2D eigenvalue weighted by Crippen LogP contribution is 2.49. The third kappa shape index (κ3) is 4.15. The van der Waals surface area contributed by atoms with Crippen LogP contribution in [0.5, 0.6) is 0 Å². The molecule has 1 rings (SSSR count). The van der Waals surface area contributed by atoms with Gasteiger partial charge in [-0.25, -0.2) is 0 Å². The average Bonchev–Trinajstić information content (AvgIpc) is 2.15. The van der Waals surface area contributed by atoms with Gasteiger partial charge in [-0.1, -0.05) is 0 Å². The molecule has 5 heteroatoms. The summed E-state index contributed by atoms with van der Waals surface area (Å²) in [6.07, 6.45) is -0.339. The van der Waals surface area contributed by atoms with E-state index in [2.05, 4.69) is 0 Å². The van der Waals surface area contributed by atoms with Crippen molar-refractivity contribution >= 4 is 18.6 Å². The van der Waals surface area contributed by atoms with E-state index in [-0.39, 0.29) is 12.2 Å². The van der Waals surface area contributed by atoms with Crippen LogP contribution in [0.25, 0.3) is 0 Å². The lowest BCUT2D eigenvalue weighted by atomic mass is 10.3. The molecule has 0 saturated heterocycles. The normalized spacial score (nSPS) is 12.4. The molecule has 0 amide bonds. The van der Waals surface area contributed by atoms with E-state index in [0.29, 0.717) is 11.0 Å². The molecule has 0 aliphatic rings. The molecule has 4 nitrogen and oxygen atoms in total. The monoisotopic (exact) mass is 257 g/mol. The van der Waals surface area contributed by atoms with Crippen molar-refractivity contribution < 1.29 is 13.6 Å². The molecule has 0 atom stereocenters. The molecule has 0 unspecified atom stereocenters. The van der Waals surface area contributed by atoms with Crippen molar-refractivity contribution in [2.24, 2.45) is 0 Å². The summed E-state index contributed by atoms with van der Waals surface area (Å²) in [6, 6.07) is 6.74. The summed E-state index contributed by atoms with van der Waals surface area (Å²) in [6.45, 7) is 7.31. The van der Waals surface area contributed by atoms with Crippen LogP contribution in [0.15, 0.2) is 24.3 Å². The third-order valence-electron chi connectivity index (χ3n) is 1.91. The van der Waals surface area contributed by atoms with Crippen molar-refractivity contribution in [3.05, 3.63) is 24.3 Å². The largest absolute Gasteiger partial charge is 0.399 e. The van der Waals surface area contributed by atoms with Crippen molar-refractivity contribution in [3.63, 3.8) is 0 Å². The van der Waals surface area contributed by atoms with E-state index in [1.54, 1.807) is 24.3 Å². The van der Waals surface area contributed by atoms with E-state index in [1.807, 2.05) is 27.7 Å². The van der Waals surface area contributed by atoms with Crippen LogP contribution in [-0.2, 0) is 13.6 Å². The molecule has 1 aromatic rings. The number of rotatable bonds is 5. The molecule has 0 bridgehead atoms. The molecule has 0 aliphatic carbocycles. The summed E-state index contributed by atoms with van der Waals surface area (Å²) < 4.78 is 23.6. The number of nitrogens with two attached hydrogens (primary N) is 1. The van der Waals surface area contributed by atoms with Crippen LogP contribution in [0.1, 0.15) is 27.7 Å². The summed E-state index contributed by atoms with van der Waals surface area (Å²) in [4.78, 5) is 0. The van der Waals surface area contributed by atoms with Crippen LogP contribution < -0.4 is 11.0 Å². The first-order chi connectivity index (χ1) is 7.83. The number of benzene rings is 1. The Kier molecular flexibility index (Phi) is 4.75. The average molecular weight is 257 g/mol. The number of anilines is 1. The third-order valence-corrected chi connectivity index (χ3v) is 4.24. The van der Waals surface area contributed by atoms with Crippen LogP contribution >= 0.6 is 7.60 Å². The summed E-state index contributed by atoms with van der Waals surface area (Å²) in [5.41, 5.74) is 6.22. The van der Waals surface area contributed by atoms with Crippen molar-refractivity contribution in [1.29, 1.82) is 0 Å². The van der Waals surface area contributed by atoms with Crippen LogP contribution in [0.4, 0.5) is 5.69 Å². The molecular weight excluding hydrogens is 237 g/mol. The SMILES string of the molecule is CC(C)OP(=O)(OC(C)C)c1ccc(N)cc1. The maximum absolute atomic E-state index is 12.7. The predicted molar refractivity (Wildman–Crippen MR) is 70.5 cm³/mol. The lowest BCUT2D eigenvalue weighted by Gasteiger charge is -2.22. The lowest BCUT2D eigenvalue weighted by molar-refractivity contribution is 0.150. The van der Waals surface area contributed by atoms with Gasteiger partial charge >= 0.3 is 7.60 Å². The van der Waals surface area contributed by atoms with E-state index >= 15 is 0 Å². The van der Waals surface area contributed by atoms with Crippen molar-refractivity contribution in [3.8, 4) is 0 Å². The van der Waals surface area contributed by atoms with Gasteiger partial charge in [-0.05, 0) is 52.0 Å². The predicted octanol–water partition coefficient (Wildman–Crippen LogP) is 2.94. The maximum atomic E-state index is 12.7. The number of hydrogen-bond donors (Lipinski definition) is 1. The smallest absolute Gasteiger partial charge is 0.361 e. The standard InChI is InChI=1S/C12H20NO3P/c1-9(2)15-17(14,16-10(3)4)12-7-5-11(13)6-8-12/h5-10H,13H2,1-4H3. The number of hydrogen-bond acceptors (Lipinski definition) is 4. The first kappa shape index (κ1) is 14.2. The topological polar surface area (TPSA) is 61.5 Å². The fraction of sp³-hybridized carbons (Fsp3) is 0.500. The first-order valence-corrected chi connectivity index (χ1v) is 7.20. The molecule has 0 saturated carbocycles. The van der Waals surface area contributed by atoms with Crippen molar-refractivity contribution in [2.75, 3.05) is 5.73 Å². The zero-order chi connectivity index (χ0) is 13.1. The summed E-state index contributed by atoms with van der Waals surface area (Å²) >= 11 is 0. The summed E-state index contributed by atoms with van der Waals surface area (Å²) in [5.74, 6) is 0. The van der Waals surface area contributed by atoms with Crippen molar-refractivity contribution in [2.45, 2.75) is 39.9 Å². The lowest BCUT2D eigenvalue weighted by Crippen LogP contribution is -2.16. The Morgan fingerprint density at radius 1 is 1.00 bits per heavy atom. The van der Waals surface area contributed by atoms with E-state index in [9.17, 15) is 4.57 Å². The van der Waals surface area contributed by atoms with Gasteiger partial charge in [0.2, 0.25) is 0 Å². The van der Waals surface area contributed by atoms with Crippen LogP contribution in [-0.4, -0.2) is 12.2 Å². The fourth-order valence-electron chi connectivity index (χ4n) is 1.36. The minimum Gasteiger partial charge on any atom is -0.399 e. The first-order valence-electron chi connectivity index (χ1n) is 5.66. The van der Waals surface area contributed by atoms with E-state index in [1.165, 1.54) is 0 Å².